The molecule has 0 saturated carbocycles. The minimum Gasteiger partial charge on any atom is -0.395 e. The highest BCUT2D eigenvalue weighted by Crippen LogP contribution is 2.35. The monoisotopic (exact) mass is 185 g/mol. The molecule has 0 aromatic carbocycles. The maximum atomic E-state index is 11.9. The summed E-state index contributed by atoms with van der Waals surface area (Å²) in [6, 6.07) is 0.257. The average Bonchev–Trinajstić information content (AvgIpc) is 2.43. The van der Waals surface area contributed by atoms with Gasteiger partial charge in [-0.3, -0.25) is 4.79 Å². The quantitative estimate of drug-likeness (QED) is 0.713. The van der Waals surface area contributed by atoms with Gasteiger partial charge in [0.15, 0.2) is 0 Å². The van der Waals surface area contributed by atoms with Crippen LogP contribution in [-0.4, -0.2) is 35.1 Å². The maximum absolute atomic E-state index is 11.9. The van der Waals surface area contributed by atoms with E-state index < -0.39 is 5.41 Å². The Bertz CT molecular complexity index is 197. The second kappa shape index (κ2) is 3.66. The number of hydrogen-bond donors (Lipinski definition) is 1. The van der Waals surface area contributed by atoms with Gasteiger partial charge >= 0.3 is 0 Å². The topological polar surface area (TPSA) is 40.5 Å². The molecule has 13 heavy (non-hydrogen) atoms. The number of likely N-dealkylation sites (tertiary alicyclic amines) is 1. The van der Waals surface area contributed by atoms with E-state index in [0.717, 1.165) is 19.4 Å². The Labute approximate surface area is 79.7 Å². The highest BCUT2D eigenvalue weighted by atomic mass is 16.3. The first-order valence-electron chi connectivity index (χ1n) is 4.99. The molecular formula is C10H19NO2. The van der Waals surface area contributed by atoms with Crippen LogP contribution in [0.3, 0.4) is 0 Å². The molecule has 0 spiro atoms. The molecule has 0 aromatic rings. The summed E-state index contributed by atoms with van der Waals surface area (Å²) in [5, 5.41) is 9.24. The summed E-state index contributed by atoms with van der Waals surface area (Å²) >= 11 is 0. The molecule has 1 amide bonds. The number of nitrogens with zero attached hydrogens (tertiary/aromatic N) is 1. The van der Waals surface area contributed by atoms with Gasteiger partial charge in [-0.25, -0.2) is 0 Å². The summed E-state index contributed by atoms with van der Waals surface area (Å²) < 4.78 is 0. The van der Waals surface area contributed by atoms with E-state index in [1.54, 1.807) is 0 Å². The van der Waals surface area contributed by atoms with Crippen molar-refractivity contribution in [2.24, 2.45) is 5.41 Å². The lowest BCUT2D eigenvalue weighted by Crippen LogP contribution is -2.39. The van der Waals surface area contributed by atoms with Crippen molar-refractivity contribution in [3.05, 3.63) is 0 Å². The van der Waals surface area contributed by atoms with Crippen LogP contribution in [0.5, 0.6) is 0 Å². The first-order valence-corrected chi connectivity index (χ1v) is 4.99. The third-order valence-corrected chi connectivity index (χ3v) is 3.15. The van der Waals surface area contributed by atoms with E-state index in [-0.39, 0.29) is 18.6 Å². The van der Waals surface area contributed by atoms with Gasteiger partial charge in [0.2, 0.25) is 5.91 Å². The number of amides is 1. The Kier molecular flexibility index (Phi) is 2.96. The summed E-state index contributed by atoms with van der Waals surface area (Å²) in [7, 11) is 0. The molecule has 1 rings (SSSR count). The summed E-state index contributed by atoms with van der Waals surface area (Å²) in [6.45, 7) is 6.79. The van der Waals surface area contributed by atoms with E-state index in [9.17, 15) is 9.90 Å². The third-order valence-electron chi connectivity index (χ3n) is 3.15. The predicted octanol–water partition coefficient (Wildman–Crippen LogP) is 1.02. The zero-order chi connectivity index (χ0) is 10.1. The van der Waals surface area contributed by atoms with Gasteiger partial charge in [-0.1, -0.05) is 6.92 Å². The molecule has 3 nitrogen and oxygen atoms in total. The Hall–Kier alpha value is -0.570. The van der Waals surface area contributed by atoms with Crippen LogP contribution in [0.2, 0.25) is 0 Å². The van der Waals surface area contributed by atoms with Crippen molar-refractivity contribution < 1.29 is 9.90 Å². The fourth-order valence-electron chi connectivity index (χ4n) is 1.93. The third kappa shape index (κ3) is 1.57. The van der Waals surface area contributed by atoms with Gasteiger partial charge in [-0.15, -0.1) is 0 Å². The van der Waals surface area contributed by atoms with Gasteiger partial charge in [0, 0.05) is 12.6 Å². The number of carbonyl (C=O) groups is 1. The number of hydrogen-bond acceptors (Lipinski definition) is 2. The maximum Gasteiger partial charge on any atom is 0.231 e. The van der Waals surface area contributed by atoms with Crippen molar-refractivity contribution in [2.45, 2.75) is 39.7 Å². The van der Waals surface area contributed by atoms with E-state index >= 15 is 0 Å². The van der Waals surface area contributed by atoms with Crippen molar-refractivity contribution >= 4 is 5.91 Å². The zero-order valence-electron chi connectivity index (χ0n) is 8.71. The summed E-state index contributed by atoms with van der Waals surface area (Å²) in [4.78, 5) is 13.8. The van der Waals surface area contributed by atoms with Crippen molar-refractivity contribution in [1.29, 1.82) is 0 Å². The van der Waals surface area contributed by atoms with Crippen LogP contribution >= 0.6 is 0 Å². The number of aliphatic hydroxyl groups is 1. The number of carbonyl (C=O) groups excluding carboxylic acids is 1. The molecule has 1 aliphatic heterocycles. The molecule has 1 atom stereocenters. The molecule has 0 radical (unpaired) electrons. The van der Waals surface area contributed by atoms with Crippen LogP contribution in [0, 0.1) is 5.41 Å². The highest BCUT2D eigenvalue weighted by molar-refractivity contribution is 5.85. The Morgan fingerprint density at radius 3 is 2.46 bits per heavy atom. The summed E-state index contributed by atoms with van der Waals surface area (Å²) in [5.41, 5.74) is -0.468. The Morgan fingerprint density at radius 1 is 1.62 bits per heavy atom. The molecule has 1 aliphatic rings. The van der Waals surface area contributed by atoms with Gasteiger partial charge in [0.1, 0.15) is 0 Å². The number of rotatable bonds is 3. The molecule has 1 unspecified atom stereocenters. The fraction of sp³-hybridized carbons (Fsp3) is 0.900. The van der Waals surface area contributed by atoms with E-state index in [1.165, 1.54) is 0 Å². The van der Waals surface area contributed by atoms with Crippen molar-refractivity contribution in [3.8, 4) is 0 Å². The molecule has 1 N–H and O–H groups in total. The van der Waals surface area contributed by atoms with Crippen LogP contribution in [0.1, 0.15) is 33.6 Å². The lowest BCUT2D eigenvalue weighted by molar-refractivity contribution is -0.139. The lowest BCUT2D eigenvalue weighted by atomic mass is 9.84. The minimum atomic E-state index is -0.468. The zero-order valence-corrected chi connectivity index (χ0v) is 8.71. The van der Waals surface area contributed by atoms with Crippen LogP contribution in [0.15, 0.2) is 0 Å². The van der Waals surface area contributed by atoms with Crippen molar-refractivity contribution in [3.63, 3.8) is 0 Å². The van der Waals surface area contributed by atoms with Crippen LogP contribution in [-0.2, 0) is 4.79 Å². The molecular weight excluding hydrogens is 166 g/mol. The summed E-state index contributed by atoms with van der Waals surface area (Å²) in [6.07, 6.45) is 1.54. The van der Waals surface area contributed by atoms with E-state index in [1.807, 2.05) is 25.7 Å². The second-order valence-electron chi connectivity index (χ2n) is 4.13. The molecule has 76 valence electrons. The fourth-order valence-corrected chi connectivity index (χ4v) is 1.93. The van der Waals surface area contributed by atoms with Crippen LogP contribution in [0.4, 0.5) is 0 Å². The lowest BCUT2D eigenvalue weighted by Gasteiger charge is -2.26. The highest BCUT2D eigenvalue weighted by Gasteiger charge is 2.45. The standard InChI is InChI=1S/C10H19NO2/c1-4-10(7-12)5-6-11(8(2)3)9(10)13/h8,12H,4-7H2,1-3H3. The van der Waals surface area contributed by atoms with Gasteiger partial charge in [0.25, 0.3) is 0 Å². The van der Waals surface area contributed by atoms with Crippen LogP contribution in [0.25, 0.3) is 0 Å². The molecule has 3 heteroatoms. The van der Waals surface area contributed by atoms with Gasteiger partial charge in [-0.05, 0) is 26.7 Å². The minimum absolute atomic E-state index is 0.00838. The molecule has 1 fully saturated rings. The molecule has 1 saturated heterocycles. The Morgan fingerprint density at radius 2 is 2.23 bits per heavy atom. The average molecular weight is 185 g/mol. The van der Waals surface area contributed by atoms with Crippen molar-refractivity contribution in [1.82, 2.24) is 4.90 Å². The van der Waals surface area contributed by atoms with Crippen LogP contribution < -0.4 is 0 Å². The smallest absolute Gasteiger partial charge is 0.231 e. The van der Waals surface area contributed by atoms with E-state index in [2.05, 4.69) is 0 Å². The predicted molar refractivity (Wildman–Crippen MR) is 51.3 cm³/mol. The first-order chi connectivity index (χ1) is 6.07. The Balaban J connectivity index is 2.79. The van der Waals surface area contributed by atoms with E-state index in [4.69, 9.17) is 0 Å². The first kappa shape index (κ1) is 10.5. The molecule has 0 bridgehead atoms. The van der Waals surface area contributed by atoms with Gasteiger partial charge < -0.3 is 10.0 Å². The second-order valence-corrected chi connectivity index (χ2v) is 4.13. The molecule has 0 aromatic heterocycles. The molecule has 0 aliphatic carbocycles. The number of aliphatic hydroxyl groups excluding tert-OH is 1. The largest absolute Gasteiger partial charge is 0.395 e. The van der Waals surface area contributed by atoms with Gasteiger partial charge in [0.05, 0.1) is 12.0 Å². The van der Waals surface area contributed by atoms with Gasteiger partial charge in [-0.2, -0.15) is 0 Å². The van der Waals surface area contributed by atoms with E-state index in [0.29, 0.717) is 0 Å². The molecule has 1 heterocycles. The van der Waals surface area contributed by atoms with Crippen molar-refractivity contribution in [2.75, 3.05) is 13.2 Å². The summed E-state index contributed by atoms with van der Waals surface area (Å²) in [5.74, 6) is 0.132. The normalized spacial score (nSPS) is 29.0. The SMILES string of the molecule is CCC1(CO)CCN(C(C)C)C1=O.